The number of nitrogens with one attached hydrogen (secondary N) is 3. The first-order chi connectivity index (χ1) is 10.6. The fourth-order valence-corrected chi connectivity index (χ4v) is 3.07. The second kappa shape index (κ2) is 8.36. The minimum atomic E-state index is -0.0690. The van der Waals surface area contributed by atoms with E-state index in [-0.39, 0.29) is 23.9 Å². The van der Waals surface area contributed by atoms with E-state index in [1.807, 2.05) is 0 Å². The first-order valence-electron chi connectivity index (χ1n) is 8.60. The molecule has 22 heavy (non-hydrogen) atoms. The maximum Gasteiger partial charge on any atom is 0.317 e. The highest BCUT2D eigenvalue weighted by atomic mass is 16.2. The van der Waals surface area contributed by atoms with Crippen molar-refractivity contribution in [3.05, 3.63) is 0 Å². The molecule has 1 unspecified atom stereocenters. The Morgan fingerprint density at radius 2 is 2.09 bits per heavy atom. The van der Waals surface area contributed by atoms with Gasteiger partial charge in [0.25, 0.3) is 0 Å². The summed E-state index contributed by atoms with van der Waals surface area (Å²) in [6, 6.07) is 0.205. The summed E-state index contributed by atoms with van der Waals surface area (Å²) in [6.45, 7) is 8.01. The second-order valence-electron chi connectivity index (χ2n) is 6.92. The molecule has 2 rings (SSSR count). The molecule has 3 amide bonds. The van der Waals surface area contributed by atoms with E-state index in [1.54, 1.807) is 4.90 Å². The maximum atomic E-state index is 12.4. The maximum absolute atomic E-state index is 12.4. The molecular weight excluding hydrogens is 280 g/mol. The molecule has 0 aromatic carbocycles. The summed E-state index contributed by atoms with van der Waals surface area (Å²) in [7, 11) is 0. The number of amides is 3. The molecule has 2 atom stereocenters. The minimum Gasteiger partial charge on any atom is -0.352 e. The summed E-state index contributed by atoms with van der Waals surface area (Å²) in [6.07, 6.45) is 3.93. The molecule has 2 saturated heterocycles. The largest absolute Gasteiger partial charge is 0.352 e. The van der Waals surface area contributed by atoms with Crippen LogP contribution in [0.3, 0.4) is 0 Å². The number of hydrogen-bond acceptors (Lipinski definition) is 3. The quantitative estimate of drug-likeness (QED) is 0.723. The number of carbonyl (C=O) groups excluding carboxylic acids is 2. The zero-order chi connectivity index (χ0) is 15.9. The van der Waals surface area contributed by atoms with Crippen molar-refractivity contribution in [2.75, 3.05) is 32.7 Å². The van der Waals surface area contributed by atoms with E-state index < -0.39 is 0 Å². The minimum absolute atomic E-state index is 0.0365. The van der Waals surface area contributed by atoms with E-state index >= 15 is 0 Å². The van der Waals surface area contributed by atoms with Crippen LogP contribution in [0.15, 0.2) is 0 Å². The highest BCUT2D eigenvalue weighted by molar-refractivity contribution is 5.81. The van der Waals surface area contributed by atoms with Crippen molar-refractivity contribution >= 4 is 11.9 Å². The molecule has 2 fully saturated rings. The topological polar surface area (TPSA) is 73.5 Å². The van der Waals surface area contributed by atoms with Crippen LogP contribution in [0.4, 0.5) is 4.79 Å². The van der Waals surface area contributed by atoms with Gasteiger partial charge in [0.15, 0.2) is 0 Å². The molecule has 126 valence electrons. The van der Waals surface area contributed by atoms with Crippen LogP contribution in [0, 0.1) is 11.8 Å². The lowest BCUT2D eigenvalue weighted by Gasteiger charge is -2.33. The highest BCUT2D eigenvalue weighted by Crippen LogP contribution is 2.17. The Morgan fingerprint density at radius 3 is 2.77 bits per heavy atom. The lowest BCUT2D eigenvalue weighted by atomic mass is 9.96. The summed E-state index contributed by atoms with van der Waals surface area (Å²) >= 11 is 0. The van der Waals surface area contributed by atoms with Crippen LogP contribution in [0.1, 0.15) is 39.5 Å². The Hall–Kier alpha value is -1.30. The number of piperidine rings is 2. The van der Waals surface area contributed by atoms with Gasteiger partial charge in [-0.2, -0.15) is 0 Å². The number of rotatable bonds is 4. The van der Waals surface area contributed by atoms with E-state index in [4.69, 9.17) is 0 Å². The third-order valence-corrected chi connectivity index (χ3v) is 4.38. The smallest absolute Gasteiger partial charge is 0.317 e. The average molecular weight is 310 g/mol. The molecule has 2 heterocycles. The zero-order valence-corrected chi connectivity index (χ0v) is 13.9. The molecule has 0 saturated carbocycles. The molecule has 0 aliphatic carbocycles. The summed E-state index contributed by atoms with van der Waals surface area (Å²) in [5.41, 5.74) is 0. The van der Waals surface area contributed by atoms with Gasteiger partial charge in [0, 0.05) is 32.2 Å². The van der Waals surface area contributed by atoms with Crippen LogP contribution in [0.5, 0.6) is 0 Å². The van der Waals surface area contributed by atoms with Gasteiger partial charge >= 0.3 is 6.03 Å². The van der Waals surface area contributed by atoms with Crippen LogP contribution in [0.25, 0.3) is 0 Å². The monoisotopic (exact) mass is 310 g/mol. The highest BCUT2D eigenvalue weighted by Gasteiger charge is 2.29. The van der Waals surface area contributed by atoms with Gasteiger partial charge in [-0.3, -0.25) is 4.79 Å². The standard InChI is InChI=1S/C16H30N4O2/c1-12(2)9-18-16(22)20-8-4-5-13(11-20)15(21)19-14-6-3-7-17-10-14/h12-14,17H,3-11H2,1-2H3,(H,18,22)(H,19,21)/t13?,14-/m0/s1. The van der Waals surface area contributed by atoms with Crippen molar-refractivity contribution in [1.29, 1.82) is 0 Å². The Morgan fingerprint density at radius 1 is 1.27 bits per heavy atom. The van der Waals surface area contributed by atoms with Crippen LogP contribution in [0.2, 0.25) is 0 Å². The Balaban J connectivity index is 1.78. The molecule has 2 aliphatic rings. The summed E-state index contributed by atoms with van der Waals surface area (Å²) < 4.78 is 0. The molecule has 0 bridgehead atoms. The molecule has 3 N–H and O–H groups in total. The predicted molar refractivity (Wildman–Crippen MR) is 86.6 cm³/mol. The van der Waals surface area contributed by atoms with E-state index in [9.17, 15) is 9.59 Å². The molecule has 0 spiro atoms. The molecule has 6 heteroatoms. The first-order valence-corrected chi connectivity index (χ1v) is 8.60. The Kier molecular flexibility index (Phi) is 6.49. The molecule has 0 aromatic heterocycles. The van der Waals surface area contributed by atoms with Crippen molar-refractivity contribution in [3.63, 3.8) is 0 Å². The lowest BCUT2D eigenvalue weighted by Crippen LogP contribution is -2.52. The third-order valence-electron chi connectivity index (χ3n) is 4.38. The van der Waals surface area contributed by atoms with Gasteiger partial charge in [-0.05, 0) is 38.1 Å². The van der Waals surface area contributed by atoms with Gasteiger partial charge in [-0.1, -0.05) is 13.8 Å². The predicted octanol–water partition coefficient (Wildman–Crippen LogP) is 0.932. The zero-order valence-electron chi connectivity index (χ0n) is 13.9. The lowest BCUT2D eigenvalue weighted by molar-refractivity contribution is -0.127. The molecule has 0 radical (unpaired) electrons. The van der Waals surface area contributed by atoms with Gasteiger partial charge in [0.1, 0.15) is 0 Å². The Bertz CT molecular complexity index is 380. The normalized spacial score (nSPS) is 25.9. The van der Waals surface area contributed by atoms with Crippen LogP contribution in [-0.2, 0) is 4.79 Å². The third kappa shape index (κ3) is 5.16. The SMILES string of the molecule is CC(C)CNC(=O)N1CCCC(C(=O)N[C@H]2CCCNC2)C1. The molecular formula is C16H30N4O2. The van der Waals surface area contributed by atoms with Crippen molar-refractivity contribution in [1.82, 2.24) is 20.9 Å². The van der Waals surface area contributed by atoms with Gasteiger partial charge in [0.2, 0.25) is 5.91 Å². The van der Waals surface area contributed by atoms with Gasteiger partial charge in [0.05, 0.1) is 5.92 Å². The summed E-state index contributed by atoms with van der Waals surface area (Å²) in [4.78, 5) is 26.3. The number of carbonyl (C=O) groups is 2. The fraction of sp³-hybridized carbons (Fsp3) is 0.875. The van der Waals surface area contributed by atoms with E-state index in [0.29, 0.717) is 19.0 Å². The van der Waals surface area contributed by atoms with Crippen LogP contribution < -0.4 is 16.0 Å². The second-order valence-corrected chi connectivity index (χ2v) is 6.92. The summed E-state index contributed by atoms with van der Waals surface area (Å²) in [5, 5.41) is 9.38. The number of likely N-dealkylation sites (tertiary alicyclic amines) is 1. The van der Waals surface area contributed by atoms with E-state index in [1.165, 1.54) is 0 Å². The van der Waals surface area contributed by atoms with Crippen LogP contribution >= 0.6 is 0 Å². The van der Waals surface area contributed by atoms with Gasteiger partial charge in [-0.25, -0.2) is 4.79 Å². The average Bonchev–Trinajstić information content (AvgIpc) is 2.53. The van der Waals surface area contributed by atoms with Crippen LogP contribution in [-0.4, -0.2) is 55.6 Å². The molecule has 2 aliphatic heterocycles. The number of urea groups is 1. The Labute approximate surface area is 133 Å². The molecule has 6 nitrogen and oxygen atoms in total. The fourth-order valence-electron chi connectivity index (χ4n) is 3.07. The van der Waals surface area contributed by atoms with Gasteiger partial charge in [-0.15, -0.1) is 0 Å². The summed E-state index contributed by atoms with van der Waals surface area (Å²) in [5.74, 6) is 0.474. The van der Waals surface area contributed by atoms with Gasteiger partial charge < -0.3 is 20.9 Å². The van der Waals surface area contributed by atoms with Crippen molar-refractivity contribution in [2.24, 2.45) is 11.8 Å². The molecule has 0 aromatic rings. The van der Waals surface area contributed by atoms with E-state index in [0.717, 1.165) is 45.3 Å². The van der Waals surface area contributed by atoms with Crippen molar-refractivity contribution < 1.29 is 9.59 Å². The first kappa shape index (κ1) is 17.1. The number of hydrogen-bond donors (Lipinski definition) is 3. The number of nitrogens with zero attached hydrogens (tertiary/aromatic N) is 1. The van der Waals surface area contributed by atoms with E-state index in [2.05, 4.69) is 29.8 Å². The van der Waals surface area contributed by atoms with Crippen molar-refractivity contribution in [3.8, 4) is 0 Å². The van der Waals surface area contributed by atoms with Crippen molar-refractivity contribution in [2.45, 2.75) is 45.6 Å².